The molecule has 2 aromatic rings. The lowest BCUT2D eigenvalue weighted by Crippen LogP contribution is -2.23. The molecule has 2 aliphatic rings. The Labute approximate surface area is 154 Å². The molecule has 1 fully saturated rings. The highest BCUT2D eigenvalue weighted by Gasteiger charge is 2.17. The molecule has 0 aromatic carbocycles. The Kier molecular flexibility index (Phi) is 4.52. The number of thioether (sulfide) groups is 1. The summed E-state index contributed by atoms with van der Waals surface area (Å²) in [6, 6.07) is 0. The van der Waals surface area contributed by atoms with Gasteiger partial charge in [0.15, 0.2) is 11.5 Å². The molecular formula is C18H19N5O2S. The van der Waals surface area contributed by atoms with Gasteiger partial charge in [-0.15, -0.1) is 0 Å². The number of carbonyl (C=O) groups is 1. The fourth-order valence-electron chi connectivity index (χ4n) is 3.11. The number of aromatic nitrogens is 3. The van der Waals surface area contributed by atoms with Crippen molar-refractivity contribution in [2.45, 2.75) is 19.3 Å². The SMILES string of the molecule is Nc1ncc(C2=CCC(C(=O)O)=CS2)n2cc(C=C3CCCNC3)nc12. The van der Waals surface area contributed by atoms with E-state index < -0.39 is 5.97 Å². The van der Waals surface area contributed by atoms with Crippen molar-refractivity contribution in [3.63, 3.8) is 0 Å². The minimum absolute atomic E-state index is 0.378. The highest BCUT2D eigenvalue weighted by molar-refractivity contribution is 8.11. The molecule has 0 bridgehead atoms. The van der Waals surface area contributed by atoms with E-state index in [-0.39, 0.29) is 0 Å². The van der Waals surface area contributed by atoms with Crippen LogP contribution in [0.3, 0.4) is 0 Å². The summed E-state index contributed by atoms with van der Waals surface area (Å²) in [5.74, 6) is -0.505. The fourth-order valence-corrected chi connectivity index (χ4v) is 4.03. The van der Waals surface area contributed by atoms with E-state index in [1.165, 1.54) is 17.3 Å². The number of piperidine rings is 1. The minimum atomic E-state index is -0.883. The normalized spacial score (nSPS) is 19.5. The van der Waals surface area contributed by atoms with Crippen LogP contribution in [0.4, 0.5) is 5.82 Å². The van der Waals surface area contributed by atoms with E-state index in [0.717, 1.165) is 42.2 Å². The summed E-state index contributed by atoms with van der Waals surface area (Å²) >= 11 is 1.38. The molecule has 4 heterocycles. The van der Waals surface area contributed by atoms with Crippen LogP contribution in [0.15, 0.2) is 35.0 Å². The van der Waals surface area contributed by atoms with E-state index in [1.54, 1.807) is 11.6 Å². The summed E-state index contributed by atoms with van der Waals surface area (Å²) in [7, 11) is 0. The van der Waals surface area contributed by atoms with Gasteiger partial charge in [-0.2, -0.15) is 0 Å². The van der Waals surface area contributed by atoms with Gasteiger partial charge in [0.25, 0.3) is 0 Å². The predicted molar refractivity (Wildman–Crippen MR) is 103 cm³/mol. The molecule has 26 heavy (non-hydrogen) atoms. The summed E-state index contributed by atoms with van der Waals surface area (Å²) in [6.45, 7) is 1.94. The molecule has 0 aliphatic carbocycles. The monoisotopic (exact) mass is 369 g/mol. The van der Waals surface area contributed by atoms with Crippen molar-refractivity contribution in [1.82, 2.24) is 19.7 Å². The number of rotatable bonds is 3. The van der Waals surface area contributed by atoms with E-state index >= 15 is 0 Å². The first-order chi connectivity index (χ1) is 12.6. The zero-order valence-electron chi connectivity index (χ0n) is 14.1. The Balaban J connectivity index is 1.70. The van der Waals surface area contributed by atoms with Gasteiger partial charge in [-0.05, 0) is 37.3 Å². The molecule has 2 aromatic heterocycles. The van der Waals surface area contributed by atoms with Crippen LogP contribution >= 0.6 is 11.8 Å². The average molecular weight is 369 g/mol. The van der Waals surface area contributed by atoms with Crippen LogP contribution in [-0.4, -0.2) is 38.5 Å². The van der Waals surface area contributed by atoms with E-state index in [9.17, 15) is 4.79 Å². The van der Waals surface area contributed by atoms with E-state index in [0.29, 0.717) is 23.5 Å². The molecule has 1 saturated heterocycles. The highest BCUT2D eigenvalue weighted by Crippen LogP contribution is 2.35. The maximum Gasteiger partial charge on any atom is 0.332 e. The zero-order chi connectivity index (χ0) is 18.1. The van der Waals surface area contributed by atoms with Crippen LogP contribution in [0.2, 0.25) is 0 Å². The Morgan fingerprint density at radius 3 is 3.04 bits per heavy atom. The lowest BCUT2D eigenvalue weighted by Gasteiger charge is -2.14. The molecule has 0 radical (unpaired) electrons. The van der Waals surface area contributed by atoms with Gasteiger partial charge in [-0.25, -0.2) is 14.8 Å². The van der Waals surface area contributed by atoms with Crippen molar-refractivity contribution in [1.29, 1.82) is 0 Å². The molecular weight excluding hydrogens is 350 g/mol. The first kappa shape index (κ1) is 16.9. The number of allylic oxidation sites excluding steroid dienone is 1. The van der Waals surface area contributed by atoms with Gasteiger partial charge in [0.05, 0.1) is 17.6 Å². The number of nitrogens with one attached hydrogen (secondary N) is 1. The first-order valence-corrected chi connectivity index (χ1v) is 9.33. The summed E-state index contributed by atoms with van der Waals surface area (Å²) in [4.78, 5) is 20.9. The number of carboxylic acid groups (broad SMARTS) is 1. The molecule has 0 spiro atoms. The van der Waals surface area contributed by atoms with Gasteiger partial charge in [-0.1, -0.05) is 23.4 Å². The standard InChI is InChI=1S/C18H19N5O2S/c19-16-17-22-13(6-11-2-1-5-20-7-11)9-23(17)14(8-21-16)15-4-3-12(10-26-15)18(24)25/h4,6,8-10,20H,1-3,5,7H2,(H2,19,21)(H,24,25). The van der Waals surface area contributed by atoms with E-state index in [1.807, 2.05) is 16.7 Å². The average Bonchev–Trinajstić information content (AvgIpc) is 3.07. The molecule has 2 aliphatic heterocycles. The van der Waals surface area contributed by atoms with Crippen molar-refractivity contribution >= 4 is 40.2 Å². The lowest BCUT2D eigenvalue weighted by atomic mass is 10.1. The second kappa shape index (κ2) is 6.97. The number of fused-ring (bicyclic) bond motifs is 1. The van der Waals surface area contributed by atoms with Crippen molar-refractivity contribution in [2.75, 3.05) is 18.8 Å². The van der Waals surface area contributed by atoms with E-state index in [2.05, 4.69) is 21.4 Å². The fraction of sp³-hybridized carbons (Fsp3) is 0.278. The van der Waals surface area contributed by atoms with E-state index in [4.69, 9.17) is 10.8 Å². The Morgan fingerprint density at radius 1 is 1.46 bits per heavy atom. The third-order valence-corrected chi connectivity index (χ3v) is 5.49. The Hall–Kier alpha value is -2.58. The molecule has 7 nitrogen and oxygen atoms in total. The van der Waals surface area contributed by atoms with Gasteiger partial charge in [0.1, 0.15) is 0 Å². The lowest BCUT2D eigenvalue weighted by molar-refractivity contribution is -0.132. The maximum absolute atomic E-state index is 11.1. The minimum Gasteiger partial charge on any atom is -0.478 e. The number of imidazole rings is 1. The molecule has 0 saturated carbocycles. The third-order valence-electron chi connectivity index (χ3n) is 4.46. The summed E-state index contributed by atoms with van der Waals surface area (Å²) in [6.07, 6.45) is 10.3. The summed E-state index contributed by atoms with van der Waals surface area (Å²) in [5, 5.41) is 14.1. The summed E-state index contributed by atoms with van der Waals surface area (Å²) in [5.41, 5.74) is 10.1. The molecule has 134 valence electrons. The van der Waals surface area contributed by atoms with Gasteiger partial charge < -0.3 is 16.2 Å². The van der Waals surface area contributed by atoms with Crippen LogP contribution in [0.1, 0.15) is 30.7 Å². The molecule has 4 rings (SSSR count). The van der Waals surface area contributed by atoms with Gasteiger partial charge in [0, 0.05) is 23.2 Å². The van der Waals surface area contributed by atoms with Crippen LogP contribution in [0.5, 0.6) is 0 Å². The molecule has 8 heteroatoms. The molecule has 0 atom stereocenters. The zero-order valence-corrected chi connectivity index (χ0v) is 14.9. The second-order valence-corrected chi connectivity index (χ2v) is 7.22. The number of nitrogen functional groups attached to an aromatic ring is 1. The predicted octanol–water partition coefficient (Wildman–Crippen LogP) is 2.52. The second-order valence-electron chi connectivity index (χ2n) is 6.31. The number of aliphatic carboxylic acids is 1. The van der Waals surface area contributed by atoms with Crippen LogP contribution < -0.4 is 11.1 Å². The number of hydrogen-bond donors (Lipinski definition) is 3. The molecule has 4 N–H and O–H groups in total. The smallest absolute Gasteiger partial charge is 0.332 e. The number of nitrogens with zero attached hydrogens (tertiary/aromatic N) is 3. The topological polar surface area (TPSA) is 106 Å². The Bertz CT molecular complexity index is 965. The van der Waals surface area contributed by atoms with Gasteiger partial charge >= 0.3 is 5.97 Å². The van der Waals surface area contributed by atoms with Crippen LogP contribution in [0, 0.1) is 0 Å². The van der Waals surface area contributed by atoms with Crippen molar-refractivity contribution < 1.29 is 9.90 Å². The third kappa shape index (κ3) is 3.25. The number of anilines is 1. The molecule has 0 amide bonds. The molecule has 0 unspecified atom stereocenters. The first-order valence-electron chi connectivity index (χ1n) is 8.45. The maximum atomic E-state index is 11.1. The van der Waals surface area contributed by atoms with Gasteiger partial charge in [-0.3, -0.25) is 4.40 Å². The van der Waals surface area contributed by atoms with Crippen molar-refractivity contribution in [2.24, 2.45) is 0 Å². The van der Waals surface area contributed by atoms with Crippen LogP contribution in [0.25, 0.3) is 16.6 Å². The Morgan fingerprint density at radius 2 is 2.35 bits per heavy atom. The van der Waals surface area contributed by atoms with Crippen molar-refractivity contribution in [3.05, 3.63) is 46.4 Å². The quantitative estimate of drug-likeness (QED) is 0.763. The van der Waals surface area contributed by atoms with Gasteiger partial charge in [0.2, 0.25) is 0 Å². The van der Waals surface area contributed by atoms with Crippen molar-refractivity contribution in [3.8, 4) is 0 Å². The number of nitrogens with two attached hydrogens (primary N) is 1. The highest BCUT2D eigenvalue weighted by atomic mass is 32.2. The number of hydrogen-bond acceptors (Lipinski definition) is 6. The largest absolute Gasteiger partial charge is 0.478 e. The number of carboxylic acids is 1. The summed E-state index contributed by atoms with van der Waals surface area (Å²) < 4.78 is 1.93. The van der Waals surface area contributed by atoms with Crippen LogP contribution in [-0.2, 0) is 4.79 Å².